The van der Waals surface area contributed by atoms with Gasteiger partial charge in [-0.15, -0.1) is 0 Å². The van der Waals surface area contributed by atoms with Gasteiger partial charge in [0.15, 0.2) is 17.9 Å². The highest BCUT2D eigenvalue weighted by atomic mass is 32.7. The van der Waals surface area contributed by atoms with E-state index in [0.29, 0.717) is 18.5 Å². The van der Waals surface area contributed by atoms with Crippen molar-refractivity contribution in [1.82, 2.24) is 19.1 Å². The molecular formula is C16H23N4O7PS. The number of carbonyl (C=O) groups excluding carboxylic acids is 1. The summed E-state index contributed by atoms with van der Waals surface area (Å²) in [5.74, 6) is -0.434. The number of nitrogens with zero attached hydrogens (tertiary/aromatic N) is 4. The van der Waals surface area contributed by atoms with Crippen molar-refractivity contribution in [3.8, 4) is 0 Å². The fourth-order valence-corrected chi connectivity index (χ4v) is 3.35. The van der Waals surface area contributed by atoms with Gasteiger partial charge in [-0.05, 0) is 33.6 Å². The van der Waals surface area contributed by atoms with Gasteiger partial charge in [0, 0.05) is 0 Å². The molecule has 0 radical (unpaired) electrons. The highest BCUT2D eigenvalue weighted by Crippen LogP contribution is 2.47. The third-order valence-electron chi connectivity index (χ3n) is 4.32. The molecular weight excluding hydrogens is 423 g/mol. The molecule has 0 bridgehead atoms. The first kappa shape index (κ1) is 22.0. The number of rotatable bonds is 6. The van der Waals surface area contributed by atoms with Crippen molar-refractivity contribution in [1.29, 1.82) is 0 Å². The Morgan fingerprint density at radius 1 is 1.38 bits per heavy atom. The molecule has 1 unspecified atom stereocenters. The number of esters is 1. The van der Waals surface area contributed by atoms with E-state index in [1.54, 1.807) is 25.3 Å². The molecule has 2 aromatic heterocycles. The predicted molar refractivity (Wildman–Crippen MR) is 105 cm³/mol. The van der Waals surface area contributed by atoms with Gasteiger partial charge in [0.05, 0.1) is 24.5 Å². The molecule has 1 aliphatic rings. The summed E-state index contributed by atoms with van der Waals surface area (Å²) in [5.41, 5.74) is -0.663. The molecule has 3 heterocycles. The summed E-state index contributed by atoms with van der Waals surface area (Å²) in [6.45, 7) is 0.962. The fraction of sp³-hybridized carbons (Fsp3) is 0.625. The van der Waals surface area contributed by atoms with E-state index in [-0.39, 0.29) is 25.0 Å². The zero-order valence-electron chi connectivity index (χ0n) is 16.2. The van der Waals surface area contributed by atoms with Gasteiger partial charge in [-0.1, -0.05) is 12.2 Å². The van der Waals surface area contributed by atoms with E-state index in [2.05, 4.69) is 22.2 Å². The monoisotopic (exact) mass is 446 g/mol. The van der Waals surface area contributed by atoms with Crippen LogP contribution in [0.2, 0.25) is 0 Å². The Kier molecular flexibility index (Phi) is 6.21. The maximum Gasteiger partial charge on any atom is 0.383 e. The van der Waals surface area contributed by atoms with Crippen LogP contribution in [-0.2, 0) is 30.1 Å². The van der Waals surface area contributed by atoms with E-state index in [9.17, 15) is 14.2 Å². The Hall–Kier alpha value is -1.72. The van der Waals surface area contributed by atoms with Gasteiger partial charge in [0.2, 0.25) is 0 Å². The van der Waals surface area contributed by atoms with Crippen LogP contribution >= 0.6 is 19.0 Å². The minimum absolute atomic E-state index is 0.0697. The van der Waals surface area contributed by atoms with E-state index in [1.165, 1.54) is 17.2 Å². The van der Waals surface area contributed by atoms with Crippen molar-refractivity contribution in [3.05, 3.63) is 23.0 Å². The summed E-state index contributed by atoms with van der Waals surface area (Å²) in [4.78, 5) is 42.0. The zero-order chi connectivity index (χ0) is 21.4. The molecule has 11 nitrogen and oxygen atoms in total. The molecule has 3 atom stereocenters. The summed E-state index contributed by atoms with van der Waals surface area (Å²) in [6.07, 6.45) is 3.11. The minimum Gasteiger partial charge on any atom is -0.443 e. The molecule has 1 aliphatic heterocycles. The molecule has 0 amide bonds. The van der Waals surface area contributed by atoms with Crippen LogP contribution in [0.1, 0.15) is 39.8 Å². The van der Waals surface area contributed by atoms with Crippen LogP contribution in [0.25, 0.3) is 11.2 Å². The van der Waals surface area contributed by atoms with E-state index in [0.717, 1.165) is 0 Å². The average Bonchev–Trinajstić information content (AvgIpc) is 3.24. The minimum atomic E-state index is -3.87. The summed E-state index contributed by atoms with van der Waals surface area (Å²) >= 11 is 3.46. The van der Waals surface area contributed by atoms with Crippen LogP contribution in [0.4, 0.5) is 0 Å². The summed E-state index contributed by atoms with van der Waals surface area (Å²) in [7, 11) is 0. The van der Waals surface area contributed by atoms with Crippen LogP contribution in [-0.4, -0.2) is 42.7 Å². The SMILES string of the molecule is CC(C)(C)C(=O)OCn1cnc2c(ncn2[C@H]2CC[C@@H](COP(=O)(O)S)O2)c1=O. The highest BCUT2D eigenvalue weighted by molar-refractivity contribution is 8.44. The summed E-state index contributed by atoms with van der Waals surface area (Å²) in [5, 5.41) is 0. The molecule has 29 heavy (non-hydrogen) atoms. The summed E-state index contributed by atoms with van der Waals surface area (Å²) < 4.78 is 29.7. The third kappa shape index (κ3) is 5.26. The first-order chi connectivity index (χ1) is 13.5. The maximum absolute atomic E-state index is 12.6. The maximum atomic E-state index is 12.6. The molecule has 1 fully saturated rings. The molecule has 0 aliphatic carbocycles. The van der Waals surface area contributed by atoms with Crippen molar-refractivity contribution < 1.29 is 28.3 Å². The lowest BCUT2D eigenvalue weighted by Gasteiger charge is -2.17. The molecule has 3 rings (SSSR count). The second kappa shape index (κ2) is 8.19. The third-order valence-corrected chi connectivity index (χ3v) is 5.15. The largest absolute Gasteiger partial charge is 0.443 e. The first-order valence-corrected chi connectivity index (χ1v) is 11.6. The number of aromatic nitrogens is 4. The average molecular weight is 446 g/mol. The number of carbonyl (C=O) groups is 1. The Bertz CT molecular complexity index is 1010. The van der Waals surface area contributed by atoms with Crippen LogP contribution in [0.15, 0.2) is 17.4 Å². The smallest absolute Gasteiger partial charge is 0.383 e. The quantitative estimate of drug-likeness (QED) is 0.387. The molecule has 1 N–H and O–H groups in total. The van der Waals surface area contributed by atoms with Gasteiger partial charge in [0.1, 0.15) is 12.6 Å². The van der Waals surface area contributed by atoms with Crippen LogP contribution < -0.4 is 5.56 Å². The lowest BCUT2D eigenvalue weighted by atomic mass is 9.98. The lowest BCUT2D eigenvalue weighted by molar-refractivity contribution is -0.157. The lowest BCUT2D eigenvalue weighted by Crippen LogP contribution is -2.28. The Balaban J connectivity index is 1.72. The van der Waals surface area contributed by atoms with Crippen molar-refractivity contribution in [2.45, 2.75) is 52.7 Å². The second-order valence-corrected chi connectivity index (χ2v) is 10.5. The van der Waals surface area contributed by atoms with Crippen LogP contribution in [0.3, 0.4) is 0 Å². The number of thiol groups is 1. The van der Waals surface area contributed by atoms with Gasteiger partial charge in [0.25, 0.3) is 5.56 Å². The van der Waals surface area contributed by atoms with Gasteiger partial charge < -0.3 is 14.4 Å². The standard InChI is InChI=1S/C16H23N4O7PS/c1-16(2,3)15(22)25-9-19-7-18-13-12(14(19)21)17-8-20(13)11-5-4-10(27-11)6-26-28(23,24)29/h7-8,10-11H,4-6,9H2,1-3H3,(H2,23,24,29)/t10-,11+/m0/s1. The topological polar surface area (TPSA) is 135 Å². The van der Waals surface area contributed by atoms with Gasteiger partial charge >= 0.3 is 12.8 Å². The van der Waals surface area contributed by atoms with E-state index in [4.69, 9.17) is 18.9 Å². The number of hydrogen-bond donors (Lipinski definition) is 2. The number of imidazole rings is 1. The second-order valence-electron chi connectivity index (χ2n) is 7.73. The van der Waals surface area contributed by atoms with E-state index < -0.39 is 30.0 Å². The van der Waals surface area contributed by atoms with Crippen LogP contribution in [0.5, 0.6) is 0 Å². The van der Waals surface area contributed by atoms with Crippen molar-refractivity contribution in [2.24, 2.45) is 5.41 Å². The van der Waals surface area contributed by atoms with Gasteiger partial charge in [-0.3, -0.25) is 23.2 Å². The zero-order valence-corrected chi connectivity index (χ0v) is 18.0. The summed E-state index contributed by atoms with van der Waals surface area (Å²) in [6, 6.07) is 0. The van der Waals surface area contributed by atoms with Crippen molar-refractivity contribution >= 4 is 36.2 Å². The molecule has 0 spiro atoms. The number of hydrogen-bond acceptors (Lipinski definition) is 8. The van der Waals surface area contributed by atoms with Gasteiger partial charge in [-0.25, -0.2) is 14.5 Å². The van der Waals surface area contributed by atoms with E-state index >= 15 is 0 Å². The highest BCUT2D eigenvalue weighted by Gasteiger charge is 2.30. The molecule has 0 saturated carbocycles. The Morgan fingerprint density at radius 3 is 2.76 bits per heavy atom. The number of ether oxygens (including phenoxy) is 2. The Morgan fingerprint density at radius 2 is 2.10 bits per heavy atom. The molecule has 2 aromatic rings. The number of fused-ring (bicyclic) bond motifs is 1. The molecule has 13 heteroatoms. The first-order valence-electron chi connectivity index (χ1n) is 8.90. The van der Waals surface area contributed by atoms with Gasteiger partial charge in [-0.2, -0.15) is 0 Å². The molecule has 0 aromatic carbocycles. The van der Waals surface area contributed by atoms with Crippen molar-refractivity contribution in [2.75, 3.05) is 6.61 Å². The van der Waals surface area contributed by atoms with Crippen molar-refractivity contribution in [3.63, 3.8) is 0 Å². The fourth-order valence-electron chi connectivity index (χ4n) is 2.79. The van der Waals surface area contributed by atoms with Crippen LogP contribution in [0, 0.1) is 5.41 Å². The predicted octanol–water partition coefficient (Wildman–Crippen LogP) is 1.86. The molecule has 160 valence electrons. The normalized spacial score (nSPS) is 22.0. The van der Waals surface area contributed by atoms with E-state index in [1.807, 2.05) is 0 Å². The molecule has 1 saturated heterocycles. The Labute approximate surface area is 171 Å².